The zero-order chi connectivity index (χ0) is 10.7. The summed E-state index contributed by atoms with van der Waals surface area (Å²) in [5.74, 6) is 2.24. The molecule has 15 heavy (non-hydrogen) atoms. The minimum atomic E-state index is 0.521. The Bertz CT molecular complexity index is 236. The van der Waals surface area contributed by atoms with Gasteiger partial charge in [-0.3, -0.25) is 4.99 Å². The molecule has 0 aromatic heterocycles. The minimum absolute atomic E-state index is 0.521. The van der Waals surface area contributed by atoms with Gasteiger partial charge >= 0.3 is 0 Å². The van der Waals surface area contributed by atoms with Crippen LogP contribution in [0.15, 0.2) is 4.99 Å². The number of amidine groups is 1. The van der Waals surface area contributed by atoms with Gasteiger partial charge in [0.15, 0.2) is 5.17 Å². The molecular formula is C12H22N2S. The average Bonchev–Trinajstić information content (AvgIpc) is 3.01. The Morgan fingerprint density at radius 3 is 2.87 bits per heavy atom. The van der Waals surface area contributed by atoms with Gasteiger partial charge in [-0.1, -0.05) is 31.5 Å². The minimum Gasteiger partial charge on any atom is -0.362 e. The highest BCUT2D eigenvalue weighted by Crippen LogP contribution is 2.34. The summed E-state index contributed by atoms with van der Waals surface area (Å²) in [6.07, 6.45) is 6.71. The van der Waals surface area contributed by atoms with Crippen LogP contribution >= 0.6 is 11.8 Å². The van der Waals surface area contributed by atoms with Crippen LogP contribution < -0.4 is 5.32 Å². The largest absolute Gasteiger partial charge is 0.362 e. The van der Waals surface area contributed by atoms with Gasteiger partial charge in [0.25, 0.3) is 0 Å². The van der Waals surface area contributed by atoms with Gasteiger partial charge in [-0.2, -0.15) is 0 Å². The Labute approximate surface area is 97.3 Å². The first kappa shape index (κ1) is 11.3. The maximum Gasteiger partial charge on any atom is 0.157 e. The van der Waals surface area contributed by atoms with E-state index in [1.165, 1.54) is 43.0 Å². The second-order valence-electron chi connectivity index (χ2n) is 4.85. The molecule has 2 nitrogen and oxygen atoms in total. The molecule has 1 fully saturated rings. The van der Waals surface area contributed by atoms with Crippen LogP contribution in [-0.2, 0) is 0 Å². The van der Waals surface area contributed by atoms with E-state index in [-0.39, 0.29) is 0 Å². The first-order valence-corrected chi connectivity index (χ1v) is 7.23. The van der Waals surface area contributed by atoms with Gasteiger partial charge in [-0.05, 0) is 32.1 Å². The van der Waals surface area contributed by atoms with Gasteiger partial charge in [0.2, 0.25) is 0 Å². The molecule has 2 aliphatic rings. The second-order valence-corrected chi connectivity index (χ2v) is 5.93. The third kappa shape index (κ3) is 3.71. The Balaban J connectivity index is 1.81. The van der Waals surface area contributed by atoms with Crippen LogP contribution in [-0.4, -0.2) is 23.0 Å². The number of hydrogen-bond donors (Lipinski definition) is 1. The molecule has 1 aliphatic carbocycles. The van der Waals surface area contributed by atoms with E-state index in [2.05, 4.69) is 24.2 Å². The molecule has 2 atom stereocenters. The Hall–Kier alpha value is -0.180. The molecule has 86 valence electrons. The van der Waals surface area contributed by atoms with Gasteiger partial charge in [-0.25, -0.2) is 0 Å². The molecule has 2 unspecified atom stereocenters. The normalized spacial score (nSPS) is 28.4. The standard InChI is InChI=1S/C12H22N2S/c1-3-11(8-10-4-5-10)14-12-13-9(2)6-7-15-12/h9-11H,3-8H2,1-2H3,(H,13,14). The van der Waals surface area contributed by atoms with Gasteiger partial charge in [0.05, 0.1) is 6.04 Å². The van der Waals surface area contributed by atoms with Crippen LogP contribution in [0.5, 0.6) is 0 Å². The highest BCUT2D eigenvalue weighted by atomic mass is 32.2. The molecule has 1 heterocycles. The maximum absolute atomic E-state index is 4.67. The number of nitrogens with one attached hydrogen (secondary N) is 1. The van der Waals surface area contributed by atoms with Crippen molar-refractivity contribution in [2.75, 3.05) is 5.75 Å². The van der Waals surface area contributed by atoms with Crippen molar-refractivity contribution in [3.8, 4) is 0 Å². The van der Waals surface area contributed by atoms with E-state index in [0.29, 0.717) is 12.1 Å². The summed E-state index contributed by atoms with van der Waals surface area (Å²) in [5.41, 5.74) is 0. The number of hydrogen-bond acceptors (Lipinski definition) is 3. The van der Waals surface area contributed by atoms with Gasteiger partial charge in [0.1, 0.15) is 0 Å². The second kappa shape index (κ2) is 5.24. The van der Waals surface area contributed by atoms with Crippen molar-refractivity contribution in [3.05, 3.63) is 0 Å². The first-order chi connectivity index (χ1) is 7.28. The quantitative estimate of drug-likeness (QED) is 0.797. The molecular weight excluding hydrogens is 204 g/mol. The predicted molar refractivity (Wildman–Crippen MR) is 68.5 cm³/mol. The summed E-state index contributed by atoms with van der Waals surface area (Å²) in [6, 6.07) is 1.18. The highest BCUT2D eigenvalue weighted by molar-refractivity contribution is 8.13. The smallest absolute Gasteiger partial charge is 0.157 e. The number of rotatable bonds is 4. The van der Waals surface area contributed by atoms with Gasteiger partial charge in [-0.15, -0.1) is 0 Å². The molecule has 0 aromatic carbocycles. The monoisotopic (exact) mass is 226 g/mol. The number of aliphatic imine (C=N–C) groups is 1. The van der Waals surface area contributed by atoms with E-state index < -0.39 is 0 Å². The Morgan fingerprint density at radius 1 is 1.47 bits per heavy atom. The van der Waals surface area contributed by atoms with Crippen molar-refractivity contribution >= 4 is 16.9 Å². The van der Waals surface area contributed by atoms with Crippen molar-refractivity contribution in [1.29, 1.82) is 0 Å². The van der Waals surface area contributed by atoms with E-state index in [1.54, 1.807) is 0 Å². The molecule has 0 spiro atoms. The molecule has 1 N–H and O–H groups in total. The summed E-state index contributed by atoms with van der Waals surface area (Å²) >= 11 is 1.90. The molecule has 0 radical (unpaired) electrons. The highest BCUT2D eigenvalue weighted by Gasteiger charge is 2.25. The molecule has 1 saturated carbocycles. The predicted octanol–water partition coefficient (Wildman–Crippen LogP) is 3.04. The summed E-state index contributed by atoms with van der Waals surface area (Å²) in [5, 5.41) is 4.82. The number of thioether (sulfide) groups is 1. The van der Waals surface area contributed by atoms with Gasteiger partial charge in [0, 0.05) is 11.8 Å². The van der Waals surface area contributed by atoms with Crippen LogP contribution in [0.1, 0.15) is 46.0 Å². The summed E-state index contributed by atoms with van der Waals surface area (Å²) in [7, 11) is 0. The molecule has 0 saturated heterocycles. The van der Waals surface area contributed by atoms with Crippen LogP contribution in [0.3, 0.4) is 0 Å². The molecule has 0 bridgehead atoms. The topological polar surface area (TPSA) is 24.4 Å². The van der Waals surface area contributed by atoms with Gasteiger partial charge < -0.3 is 5.32 Å². The Morgan fingerprint density at radius 2 is 2.27 bits per heavy atom. The van der Waals surface area contributed by atoms with E-state index in [1.807, 2.05) is 11.8 Å². The first-order valence-electron chi connectivity index (χ1n) is 6.25. The zero-order valence-electron chi connectivity index (χ0n) is 9.83. The van der Waals surface area contributed by atoms with E-state index >= 15 is 0 Å². The van der Waals surface area contributed by atoms with Crippen LogP contribution in [0, 0.1) is 5.92 Å². The fourth-order valence-electron chi connectivity index (χ4n) is 1.97. The van der Waals surface area contributed by atoms with Crippen LogP contribution in [0.25, 0.3) is 0 Å². The molecule has 0 aromatic rings. The zero-order valence-corrected chi connectivity index (χ0v) is 10.6. The van der Waals surface area contributed by atoms with Crippen molar-refractivity contribution in [3.63, 3.8) is 0 Å². The van der Waals surface area contributed by atoms with E-state index in [0.717, 1.165) is 5.92 Å². The fourth-order valence-corrected chi connectivity index (χ4v) is 3.12. The lowest BCUT2D eigenvalue weighted by Gasteiger charge is -2.23. The Kier molecular flexibility index (Phi) is 3.95. The fraction of sp³-hybridized carbons (Fsp3) is 0.917. The van der Waals surface area contributed by atoms with Crippen molar-refractivity contribution in [2.24, 2.45) is 10.9 Å². The average molecular weight is 226 g/mol. The molecule has 2 rings (SSSR count). The van der Waals surface area contributed by atoms with E-state index in [4.69, 9.17) is 0 Å². The lowest BCUT2D eigenvalue weighted by atomic mass is 10.1. The summed E-state index contributed by atoms with van der Waals surface area (Å²) in [4.78, 5) is 4.67. The number of nitrogens with zero attached hydrogens (tertiary/aromatic N) is 1. The van der Waals surface area contributed by atoms with Crippen LogP contribution in [0.2, 0.25) is 0 Å². The summed E-state index contributed by atoms with van der Waals surface area (Å²) in [6.45, 7) is 4.49. The van der Waals surface area contributed by atoms with Crippen molar-refractivity contribution < 1.29 is 0 Å². The van der Waals surface area contributed by atoms with Crippen LogP contribution in [0.4, 0.5) is 0 Å². The maximum atomic E-state index is 4.67. The molecule has 0 amide bonds. The summed E-state index contributed by atoms with van der Waals surface area (Å²) < 4.78 is 0. The SMILES string of the molecule is CCC(CC1CC1)NC1=NC(C)CCS1. The van der Waals surface area contributed by atoms with Crippen molar-refractivity contribution in [2.45, 2.75) is 58.0 Å². The van der Waals surface area contributed by atoms with E-state index in [9.17, 15) is 0 Å². The molecule has 1 aliphatic heterocycles. The third-order valence-electron chi connectivity index (χ3n) is 3.25. The van der Waals surface area contributed by atoms with Crippen molar-refractivity contribution in [1.82, 2.24) is 5.32 Å². The third-order valence-corrected chi connectivity index (χ3v) is 4.18. The lowest BCUT2D eigenvalue weighted by Crippen LogP contribution is -2.35. The lowest BCUT2D eigenvalue weighted by molar-refractivity contribution is 0.511. The molecule has 3 heteroatoms.